The number of benzene rings is 2. The van der Waals surface area contributed by atoms with E-state index in [1.165, 1.54) is 6.07 Å². The molecule has 110 valence electrons. The number of halogens is 1. The number of nitro groups is 1. The van der Waals surface area contributed by atoms with Gasteiger partial charge in [-0.25, -0.2) is 0 Å². The maximum atomic E-state index is 10.9. The van der Waals surface area contributed by atoms with Crippen LogP contribution in [0.3, 0.4) is 0 Å². The van der Waals surface area contributed by atoms with E-state index in [1.807, 2.05) is 0 Å². The molecule has 2 aromatic carbocycles. The van der Waals surface area contributed by atoms with Crippen LogP contribution in [-0.2, 0) is 0 Å². The normalized spacial score (nSPS) is 10.2. The van der Waals surface area contributed by atoms with Crippen LogP contribution in [0, 0.1) is 17.0 Å². The Bertz CT molecular complexity index is 628. The van der Waals surface area contributed by atoms with Gasteiger partial charge >= 0.3 is 5.69 Å². The molecule has 5 nitrogen and oxygen atoms in total. The van der Waals surface area contributed by atoms with E-state index in [-0.39, 0.29) is 24.7 Å². The van der Waals surface area contributed by atoms with Crippen LogP contribution in [-0.4, -0.2) is 18.1 Å². The monoisotopic (exact) mass is 307 g/mol. The molecule has 0 aliphatic rings. The Morgan fingerprint density at radius 2 is 1.76 bits per heavy atom. The number of hydrogen-bond acceptors (Lipinski definition) is 4. The van der Waals surface area contributed by atoms with Gasteiger partial charge in [0.05, 0.1) is 4.92 Å². The molecule has 0 aromatic heterocycles. The maximum absolute atomic E-state index is 10.9. The van der Waals surface area contributed by atoms with Crippen LogP contribution in [0.2, 0.25) is 5.02 Å². The predicted molar refractivity (Wildman–Crippen MR) is 80.3 cm³/mol. The van der Waals surface area contributed by atoms with Crippen molar-refractivity contribution in [2.45, 2.75) is 6.92 Å². The van der Waals surface area contributed by atoms with Crippen LogP contribution in [0.25, 0.3) is 0 Å². The molecule has 0 fully saturated rings. The van der Waals surface area contributed by atoms with Crippen LogP contribution >= 0.6 is 11.6 Å². The van der Waals surface area contributed by atoms with Crippen molar-refractivity contribution >= 4 is 17.3 Å². The van der Waals surface area contributed by atoms with E-state index in [0.717, 1.165) is 5.56 Å². The van der Waals surface area contributed by atoms with Crippen molar-refractivity contribution in [2.75, 3.05) is 13.2 Å². The average Bonchev–Trinajstić information content (AvgIpc) is 2.46. The summed E-state index contributed by atoms with van der Waals surface area (Å²) in [4.78, 5) is 10.5. The number of ether oxygens (including phenoxy) is 2. The number of nitro benzene ring substituents is 1. The molecule has 21 heavy (non-hydrogen) atoms. The van der Waals surface area contributed by atoms with Crippen molar-refractivity contribution in [1.29, 1.82) is 0 Å². The van der Waals surface area contributed by atoms with Crippen molar-refractivity contribution in [3.8, 4) is 11.5 Å². The van der Waals surface area contributed by atoms with Crippen LogP contribution in [0.1, 0.15) is 5.56 Å². The maximum Gasteiger partial charge on any atom is 0.311 e. The summed E-state index contributed by atoms with van der Waals surface area (Å²) in [7, 11) is 0. The highest BCUT2D eigenvalue weighted by Crippen LogP contribution is 2.27. The summed E-state index contributed by atoms with van der Waals surface area (Å²) in [6, 6.07) is 11.8. The molecule has 0 radical (unpaired) electrons. The van der Waals surface area contributed by atoms with E-state index in [4.69, 9.17) is 21.1 Å². The van der Waals surface area contributed by atoms with Gasteiger partial charge in [0.25, 0.3) is 0 Å². The van der Waals surface area contributed by atoms with Gasteiger partial charge in [0.15, 0.2) is 5.75 Å². The van der Waals surface area contributed by atoms with Crippen molar-refractivity contribution in [3.05, 3.63) is 63.2 Å². The minimum atomic E-state index is -0.456. The average molecular weight is 308 g/mol. The molecule has 2 rings (SSSR count). The fourth-order valence-electron chi connectivity index (χ4n) is 1.73. The van der Waals surface area contributed by atoms with Crippen molar-refractivity contribution in [2.24, 2.45) is 0 Å². The molecule has 0 bridgehead atoms. The molecular formula is C15H14ClNO4. The second kappa shape index (κ2) is 6.95. The quantitative estimate of drug-likeness (QED) is 0.459. The molecule has 0 saturated heterocycles. The molecule has 6 heteroatoms. The first-order valence-electron chi connectivity index (χ1n) is 6.32. The third-order valence-electron chi connectivity index (χ3n) is 2.73. The highest BCUT2D eigenvalue weighted by atomic mass is 35.5. The fourth-order valence-corrected chi connectivity index (χ4v) is 1.86. The minimum Gasteiger partial charge on any atom is -0.490 e. The van der Waals surface area contributed by atoms with E-state index >= 15 is 0 Å². The Labute approximate surface area is 127 Å². The van der Waals surface area contributed by atoms with E-state index in [2.05, 4.69) is 0 Å². The van der Waals surface area contributed by atoms with Crippen LogP contribution in [0.5, 0.6) is 11.5 Å². The number of nitrogens with zero attached hydrogens (tertiary/aromatic N) is 1. The van der Waals surface area contributed by atoms with Gasteiger partial charge in [-0.3, -0.25) is 10.1 Å². The Hall–Kier alpha value is -2.27. The first kappa shape index (κ1) is 15.1. The number of hydrogen-bond donors (Lipinski definition) is 0. The highest BCUT2D eigenvalue weighted by molar-refractivity contribution is 6.30. The topological polar surface area (TPSA) is 61.6 Å². The lowest BCUT2D eigenvalue weighted by Gasteiger charge is -2.09. The number of rotatable bonds is 6. The largest absolute Gasteiger partial charge is 0.490 e. The molecule has 0 aliphatic carbocycles. The van der Waals surface area contributed by atoms with E-state index in [0.29, 0.717) is 10.8 Å². The highest BCUT2D eigenvalue weighted by Gasteiger charge is 2.14. The molecule has 2 aromatic rings. The summed E-state index contributed by atoms with van der Waals surface area (Å²) in [6.07, 6.45) is 0. The first-order chi connectivity index (χ1) is 10.1. The summed E-state index contributed by atoms with van der Waals surface area (Å²) in [6.45, 7) is 2.29. The lowest BCUT2D eigenvalue weighted by molar-refractivity contribution is -0.385. The smallest absolute Gasteiger partial charge is 0.311 e. The zero-order valence-electron chi connectivity index (χ0n) is 11.4. The molecule has 0 saturated carbocycles. The fraction of sp³-hybridized carbons (Fsp3) is 0.200. The van der Waals surface area contributed by atoms with Gasteiger partial charge in [0.1, 0.15) is 19.0 Å². The first-order valence-corrected chi connectivity index (χ1v) is 6.70. The van der Waals surface area contributed by atoms with Crippen molar-refractivity contribution in [1.82, 2.24) is 0 Å². The third kappa shape index (κ3) is 4.36. The van der Waals surface area contributed by atoms with Crippen molar-refractivity contribution in [3.63, 3.8) is 0 Å². The van der Waals surface area contributed by atoms with Crippen LogP contribution in [0.4, 0.5) is 5.69 Å². The van der Waals surface area contributed by atoms with Gasteiger partial charge in [-0.2, -0.15) is 0 Å². The summed E-state index contributed by atoms with van der Waals surface area (Å²) in [5.74, 6) is 0.909. The van der Waals surface area contributed by atoms with Gasteiger partial charge in [-0.15, -0.1) is 0 Å². The number of aryl methyl sites for hydroxylation is 1. The Balaban J connectivity index is 1.89. The Kier molecular flexibility index (Phi) is 5.00. The minimum absolute atomic E-state index is 0.0403. The van der Waals surface area contributed by atoms with Gasteiger partial charge in [0.2, 0.25) is 0 Å². The summed E-state index contributed by atoms with van der Waals surface area (Å²) in [5, 5.41) is 11.6. The molecule has 0 spiro atoms. The summed E-state index contributed by atoms with van der Waals surface area (Å²) in [5.41, 5.74) is 0.771. The zero-order valence-corrected chi connectivity index (χ0v) is 12.2. The predicted octanol–water partition coefficient (Wildman–Crippen LogP) is 4.01. The second-order valence-corrected chi connectivity index (χ2v) is 4.82. The van der Waals surface area contributed by atoms with Crippen LogP contribution < -0.4 is 9.47 Å². The van der Waals surface area contributed by atoms with E-state index in [1.54, 1.807) is 43.3 Å². The Morgan fingerprint density at radius 1 is 1.10 bits per heavy atom. The molecule has 0 heterocycles. The van der Waals surface area contributed by atoms with Crippen LogP contribution in [0.15, 0.2) is 42.5 Å². The Morgan fingerprint density at radius 3 is 2.43 bits per heavy atom. The third-order valence-corrected chi connectivity index (χ3v) is 2.99. The molecule has 0 N–H and O–H groups in total. The van der Waals surface area contributed by atoms with E-state index < -0.39 is 4.92 Å². The molecular weight excluding hydrogens is 294 g/mol. The van der Waals surface area contributed by atoms with Gasteiger partial charge in [0, 0.05) is 11.1 Å². The van der Waals surface area contributed by atoms with Crippen molar-refractivity contribution < 1.29 is 14.4 Å². The summed E-state index contributed by atoms with van der Waals surface area (Å²) >= 11 is 5.77. The molecule has 0 unspecified atom stereocenters. The van der Waals surface area contributed by atoms with Gasteiger partial charge < -0.3 is 9.47 Å². The second-order valence-electron chi connectivity index (χ2n) is 4.38. The lowest BCUT2D eigenvalue weighted by Crippen LogP contribution is -2.10. The summed E-state index contributed by atoms with van der Waals surface area (Å²) < 4.78 is 10.9. The molecule has 0 atom stereocenters. The van der Waals surface area contributed by atoms with Gasteiger partial charge in [-0.05, 0) is 42.8 Å². The van der Waals surface area contributed by atoms with Gasteiger partial charge in [-0.1, -0.05) is 17.7 Å². The van der Waals surface area contributed by atoms with E-state index in [9.17, 15) is 10.1 Å². The lowest BCUT2D eigenvalue weighted by atomic mass is 10.2. The standard InChI is InChI=1S/C15H14ClNO4/c1-11-2-7-15(14(10-11)17(18)19)21-9-8-20-13-5-3-12(16)4-6-13/h2-7,10H,8-9H2,1H3. The SMILES string of the molecule is Cc1ccc(OCCOc2ccc(Cl)cc2)c([N+](=O)[O-])c1. The molecule has 0 aliphatic heterocycles. The molecule has 0 amide bonds. The zero-order chi connectivity index (χ0) is 15.2.